The van der Waals surface area contributed by atoms with Crippen LogP contribution in [0.5, 0.6) is 0 Å². The lowest BCUT2D eigenvalue weighted by Gasteiger charge is -2.29. The monoisotopic (exact) mass is 363 g/mol. The highest BCUT2D eigenvalue weighted by atomic mass is 16.2. The molecule has 0 aliphatic carbocycles. The summed E-state index contributed by atoms with van der Waals surface area (Å²) in [6.45, 7) is 2.27. The van der Waals surface area contributed by atoms with E-state index in [0.29, 0.717) is 17.7 Å². The van der Waals surface area contributed by atoms with Gasteiger partial charge in [-0.2, -0.15) is 0 Å². The number of carbonyl (C=O) groups is 2. The molecule has 0 N–H and O–H groups in total. The predicted octanol–water partition coefficient (Wildman–Crippen LogP) is 3.69. The van der Waals surface area contributed by atoms with E-state index >= 15 is 0 Å². The van der Waals surface area contributed by atoms with Crippen LogP contribution < -0.4 is 4.90 Å². The summed E-state index contributed by atoms with van der Waals surface area (Å²) >= 11 is 0. The Morgan fingerprint density at radius 1 is 0.815 bits per heavy atom. The third-order valence-electron chi connectivity index (χ3n) is 5.48. The van der Waals surface area contributed by atoms with Crippen LogP contribution in [0.15, 0.2) is 42.7 Å². The van der Waals surface area contributed by atoms with Gasteiger partial charge in [-0.1, -0.05) is 31.0 Å². The standard InChI is InChI=1S/C22H25N3O2/c26-21(24-11-5-1-2-6-12-24)18-14-19(16-23-15-18)22(27)25-13-7-9-17-8-3-4-10-20(17)25/h3-4,8,10,14-16H,1-2,5-7,9,11-13H2. The van der Waals surface area contributed by atoms with E-state index in [1.54, 1.807) is 18.5 Å². The number of hydrogen-bond acceptors (Lipinski definition) is 3. The van der Waals surface area contributed by atoms with E-state index in [9.17, 15) is 9.59 Å². The van der Waals surface area contributed by atoms with Gasteiger partial charge in [0.05, 0.1) is 11.1 Å². The topological polar surface area (TPSA) is 53.5 Å². The van der Waals surface area contributed by atoms with Crippen LogP contribution in [0.1, 0.15) is 58.4 Å². The smallest absolute Gasteiger partial charge is 0.259 e. The molecule has 2 aromatic rings. The Morgan fingerprint density at radius 3 is 2.30 bits per heavy atom. The normalized spacial score (nSPS) is 17.2. The molecule has 0 atom stereocenters. The van der Waals surface area contributed by atoms with Gasteiger partial charge < -0.3 is 9.80 Å². The second-order valence-corrected chi connectivity index (χ2v) is 7.36. The highest BCUT2D eigenvalue weighted by Crippen LogP contribution is 2.28. The van der Waals surface area contributed by atoms with Crippen LogP contribution in [0.3, 0.4) is 0 Å². The first-order valence-corrected chi connectivity index (χ1v) is 9.88. The lowest BCUT2D eigenvalue weighted by Crippen LogP contribution is -2.36. The summed E-state index contributed by atoms with van der Waals surface area (Å²) in [6, 6.07) is 9.74. The molecule has 0 saturated carbocycles. The molecule has 4 rings (SSSR count). The van der Waals surface area contributed by atoms with Crippen LogP contribution in [0.2, 0.25) is 0 Å². The number of carbonyl (C=O) groups excluding carboxylic acids is 2. The van der Waals surface area contributed by atoms with Crippen molar-refractivity contribution in [2.24, 2.45) is 0 Å². The van der Waals surface area contributed by atoms with Crippen LogP contribution in [-0.2, 0) is 6.42 Å². The molecule has 1 aromatic carbocycles. The maximum atomic E-state index is 13.1. The van der Waals surface area contributed by atoms with Crippen LogP contribution in [0.25, 0.3) is 0 Å². The number of para-hydroxylation sites is 1. The van der Waals surface area contributed by atoms with Crippen molar-refractivity contribution in [1.82, 2.24) is 9.88 Å². The van der Waals surface area contributed by atoms with Gasteiger partial charge in [0.15, 0.2) is 0 Å². The summed E-state index contributed by atoms with van der Waals surface area (Å²) in [6.07, 6.45) is 9.52. The molecule has 2 amide bonds. The molecule has 1 saturated heterocycles. The zero-order valence-electron chi connectivity index (χ0n) is 15.6. The van der Waals surface area contributed by atoms with Crippen molar-refractivity contribution in [3.8, 4) is 0 Å². The van der Waals surface area contributed by atoms with Crippen LogP contribution in [-0.4, -0.2) is 41.3 Å². The fourth-order valence-electron chi connectivity index (χ4n) is 4.03. The summed E-state index contributed by atoms with van der Waals surface area (Å²) in [5, 5.41) is 0. The SMILES string of the molecule is O=C(c1cncc(C(=O)N2CCCc3ccccc32)c1)N1CCCCCC1. The second-order valence-electron chi connectivity index (χ2n) is 7.36. The number of aryl methyl sites for hydroxylation is 1. The van der Waals surface area contributed by atoms with Crippen LogP contribution >= 0.6 is 0 Å². The molecule has 5 nitrogen and oxygen atoms in total. The molecule has 1 fully saturated rings. The molecule has 2 aliphatic heterocycles. The quantitative estimate of drug-likeness (QED) is 0.818. The van der Waals surface area contributed by atoms with E-state index in [1.807, 2.05) is 28.0 Å². The Labute approximate surface area is 160 Å². The molecule has 0 unspecified atom stereocenters. The summed E-state index contributed by atoms with van der Waals surface area (Å²) in [4.78, 5) is 33.9. The van der Waals surface area contributed by atoms with Gasteiger partial charge in [-0.05, 0) is 43.4 Å². The lowest BCUT2D eigenvalue weighted by molar-refractivity contribution is 0.0761. The summed E-state index contributed by atoms with van der Waals surface area (Å²) in [5.74, 6) is -0.0988. The van der Waals surface area contributed by atoms with Gasteiger partial charge in [0.25, 0.3) is 11.8 Å². The third kappa shape index (κ3) is 3.72. The Bertz CT molecular complexity index is 841. The minimum atomic E-state index is -0.0832. The summed E-state index contributed by atoms with van der Waals surface area (Å²) < 4.78 is 0. The Kier molecular flexibility index (Phi) is 5.19. The molecule has 0 radical (unpaired) electrons. The molecule has 2 aliphatic rings. The molecular weight excluding hydrogens is 338 g/mol. The fraction of sp³-hybridized carbons (Fsp3) is 0.409. The predicted molar refractivity (Wildman–Crippen MR) is 105 cm³/mol. The molecule has 1 aromatic heterocycles. The first-order chi connectivity index (χ1) is 13.2. The number of likely N-dealkylation sites (tertiary alicyclic amines) is 1. The van der Waals surface area contributed by atoms with E-state index < -0.39 is 0 Å². The van der Waals surface area contributed by atoms with Crippen molar-refractivity contribution in [1.29, 1.82) is 0 Å². The Morgan fingerprint density at radius 2 is 1.52 bits per heavy atom. The minimum Gasteiger partial charge on any atom is -0.339 e. The highest BCUT2D eigenvalue weighted by Gasteiger charge is 2.25. The number of pyridine rings is 1. The fourth-order valence-corrected chi connectivity index (χ4v) is 4.03. The minimum absolute atomic E-state index is 0.0157. The molecule has 0 bridgehead atoms. The molecule has 27 heavy (non-hydrogen) atoms. The van der Waals surface area contributed by atoms with Gasteiger partial charge in [0.2, 0.25) is 0 Å². The van der Waals surface area contributed by atoms with Gasteiger partial charge in [0, 0.05) is 37.7 Å². The van der Waals surface area contributed by atoms with Crippen molar-refractivity contribution in [2.75, 3.05) is 24.5 Å². The Hall–Kier alpha value is -2.69. The van der Waals surface area contributed by atoms with E-state index in [-0.39, 0.29) is 11.8 Å². The zero-order chi connectivity index (χ0) is 18.6. The second kappa shape index (κ2) is 7.91. The average Bonchev–Trinajstić information content (AvgIpc) is 3.02. The van der Waals surface area contributed by atoms with Crippen LogP contribution in [0.4, 0.5) is 5.69 Å². The number of hydrogen-bond donors (Lipinski definition) is 0. The van der Waals surface area contributed by atoms with Gasteiger partial charge in [-0.3, -0.25) is 14.6 Å². The largest absolute Gasteiger partial charge is 0.339 e. The number of benzene rings is 1. The van der Waals surface area contributed by atoms with E-state index in [1.165, 1.54) is 18.4 Å². The number of amides is 2. The number of fused-ring (bicyclic) bond motifs is 1. The van der Waals surface area contributed by atoms with Crippen molar-refractivity contribution in [3.63, 3.8) is 0 Å². The van der Waals surface area contributed by atoms with Gasteiger partial charge in [0.1, 0.15) is 0 Å². The van der Waals surface area contributed by atoms with Crippen molar-refractivity contribution < 1.29 is 9.59 Å². The van der Waals surface area contributed by atoms with Gasteiger partial charge >= 0.3 is 0 Å². The molecule has 3 heterocycles. The maximum absolute atomic E-state index is 13.1. The van der Waals surface area contributed by atoms with E-state index in [4.69, 9.17) is 0 Å². The van der Waals surface area contributed by atoms with Crippen LogP contribution in [0, 0.1) is 0 Å². The van der Waals surface area contributed by atoms with Gasteiger partial charge in [-0.25, -0.2) is 0 Å². The first-order valence-electron chi connectivity index (χ1n) is 9.88. The van der Waals surface area contributed by atoms with Crippen molar-refractivity contribution in [3.05, 3.63) is 59.4 Å². The number of aromatic nitrogens is 1. The highest BCUT2D eigenvalue weighted by molar-refractivity contribution is 6.08. The van der Waals surface area contributed by atoms with Crippen molar-refractivity contribution >= 4 is 17.5 Å². The molecule has 140 valence electrons. The van der Waals surface area contributed by atoms with E-state index in [0.717, 1.165) is 44.5 Å². The molecular formula is C22H25N3O2. The number of anilines is 1. The number of rotatable bonds is 2. The summed E-state index contributed by atoms with van der Waals surface area (Å²) in [7, 11) is 0. The Balaban J connectivity index is 1.57. The third-order valence-corrected chi connectivity index (χ3v) is 5.48. The van der Waals surface area contributed by atoms with E-state index in [2.05, 4.69) is 11.1 Å². The maximum Gasteiger partial charge on any atom is 0.259 e. The number of nitrogens with zero attached hydrogens (tertiary/aromatic N) is 3. The summed E-state index contributed by atoms with van der Waals surface area (Å²) in [5.41, 5.74) is 3.15. The molecule has 0 spiro atoms. The lowest BCUT2D eigenvalue weighted by atomic mass is 10.0. The average molecular weight is 363 g/mol. The molecule has 5 heteroatoms. The van der Waals surface area contributed by atoms with Gasteiger partial charge in [-0.15, -0.1) is 0 Å². The zero-order valence-corrected chi connectivity index (χ0v) is 15.6. The first kappa shape index (κ1) is 17.7. The van der Waals surface area contributed by atoms with Crippen molar-refractivity contribution in [2.45, 2.75) is 38.5 Å².